The van der Waals surface area contributed by atoms with Gasteiger partial charge in [-0.25, -0.2) is 9.37 Å². The van der Waals surface area contributed by atoms with Gasteiger partial charge < -0.3 is 4.74 Å². The van der Waals surface area contributed by atoms with Crippen molar-refractivity contribution in [1.82, 2.24) is 19.6 Å². The van der Waals surface area contributed by atoms with Crippen LogP contribution in [0.3, 0.4) is 0 Å². The summed E-state index contributed by atoms with van der Waals surface area (Å²) in [6, 6.07) is 6.15. The molecule has 0 aliphatic heterocycles. The highest BCUT2D eigenvalue weighted by Crippen LogP contribution is 2.27. The number of fused-ring (bicyclic) bond motifs is 1. The Morgan fingerprint density at radius 2 is 2.16 bits per heavy atom. The van der Waals surface area contributed by atoms with E-state index in [1.807, 2.05) is 0 Å². The summed E-state index contributed by atoms with van der Waals surface area (Å²) in [5, 5.41) is 3.99. The molecule has 2 heterocycles. The quantitative estimate of drug-likeness (QED) is 0.727. The van der Waals surface area contributed by atoms with Gasteiger partial charge in [-0.1, -0.05) is 15.9 Å². The lowest BCUT2D eigenvalue weighted by atomic mass is 10.3. The van der Waals surface area contributed by atoms with E-state index in [0.29, 0.717) is 17.4 Å². The molecule has 0 spiro atoms. The molecule has 7 heteroatoms. The molecule has 0 fully saturated rings. The van der Waals surface area contributed by atoms with Crippen LogP contribution in [0.2, 0.25) is 0 Å². The molecular weight excluding hydrogens is 315 g/mol. The van der Waals surface area contributed by atoms with Crippen LogP contribution < -0.4 is 4.74 Å². The zero-order valence-electron chi connectivity index (χ0n) is 9.84. The summed E-state index contributed by atoms with van der Waals surface area (Å²) in [6.45, 7) is 1.80. The van der Waals surface area contributed by atoms with Gasteiger partial charge in [0.25, 0.3) is 5.78 Å². The summed E-state index contributed by atoms with van der Waals surface area (Å²) < 4.78 is 21.4. The normalized spacial score (nSPS) is 10.9. The highest BCUT2D eigenvalue weighted by atomic mass is 79.9. The highest BCUT2D eigenvalue weighted by molar-refractivity contribution is 9.10. The van der Waals surface area contributed by atoms with Crippen LogP contribution in [0.1, 0.15) is 5.69 Å². The number of benzene rings is 1. The summed E-state index contributed by atoms with van der Waals surface area (Å²) in [7, 11) is 0. The van der Waals surface area contributed by atoms with Gasteiger partial charge in [0.1, 0.15) is 6.33 Å². The van der Waals surface area contributed by atoms with Gasteiger partial charge in [-0.3, -0.25) is 0 Å². The second-order valence-electron chi connectivity index (χ2n) is 3.88. The molecule has 3 rings (SSSR count). The molecule has 3 aromatic rings. The van der Waals surface area contributed by atoms with E-state index in [1.54, 1.807) is 25.1 Å². The van der Waals surface area contributed by atoms with Crippen LogP contribution in [0.25, 0.3) is 5.78 Å². The Balaban J connectivity index is 2.10. The molecule has 0 aliphatic carbocycles. The van der Waals surface area contributed by atoms with E-state index >= 15 is 0 Å². The van der Waals surface area contributed by atoms with Crippen molar-refractivity contribution in [2.24, 2.45) is 0 Å². The van der Waals surface area contributed by atoms with E-state index in [9.17, 15) is 4.39 Å². The van der Waals surface area contributed by atoms with E-state index in [-0.39, 0.29) is 5.75 Å². The lowest BCUT2D eigenvalue weighted by molar-refractivity contribution is 0.414. The third-order valence-electron chi connectivity index (χ3n) is 2.46. The average Bonchev–Trinajstić information content (AvgIpc) is 2.82. The molecule has 1 aromatic carbocycles. The lowest BCUT2D eigenvalue weighted by Gasteiger charge is -2.08. The minimum absolute atomic E-state index is 0.108. The summed E-state index contributed by atoms with van der Waals surface area (Å²) in [5.41, 5.74) is 0.714. The molecule has 0 atom stereocenters. The van der Waals surface area contributed by atoms with Crippen molar-refractivity contribution in [1.29, 1.82) is 0 Å². The minimum atomic E-state index is -0.453. The summed E-state index contributed by atoms with van der Waals surface area (Å²) in [6.07, 6.45) is 1.37. The minimum Gasteiger partial charge on any atom is -0.436 e. The van der Waals surface area contributed by atoms with Crippen LogP contribution in [0.5, 0.6) is 11.6 Å². The second kappa shape index (κ2) is 4.58. The van der Waals surface area contributed by atoms with Crippen LogP contribution in [-0.4, -0.2) is 19.6 Å². The van der Waals surface area contributed by atoms with Crippen LogP contribution >= 0.6 is 15.9 Å². The van der Waals surface area contributed by atoms with Crippen LogP contribution in [0.15, 0.2) is 35.1 Å². The Bertz CT molecular complexity index is 759. The zero-order chi connectivity index (χ0) is 13.4. The Morgan fingerprint density at radius 3 is 3.00 bits per heavy atom. The standard InChI is InChI=1S/C12H8BrFN4O/c1-7-4-11(18-12(17-7)15-6-16-18)19-10-5-8(13)2-3-9(10)14/h2-6H,1H3. The molecule has 2 aromatic heterocycles. The van der Waals surface area contributed by atoms with Crippen molar-refractivity contribution < 1.29 is 9.13 Å². The van der Waals surface area contributed by atoms with Gasteiger partial charge in [0.05, 0.1) is 0 Å². The number of nitrogens with zero attached hydrogens (tertiary/aromatic N) is 4. The molecule has 19 heavy (non-hydrogen) atoms. The number of hydrogen-bond acceptors (Lipinski definition) is 4. The van der Waals surface area contributed by atoms with Crippen molar-refractivity contribution in [2.45, 2.75) is 6.92 Å². The van der Waals surface area contributed by atoms with Gasteiger partial charge in [-0.2, -0.15) is 14.6 Å². The molecule has 0 bridgehead atoms. The maximum atomic E-state index is 13.7. The molecule has 0 unspecified atom stereocenters. The van der Waals surface area contributed by atoms with Crippen molar-refractivity contribution in [3.63, 3.8) is 0 Å². The zero-order valence-corrected chi connectivity index (χ0v) is 11.4. The van der Waals surface area contributed by atoms with E-state index in [1.165, 1.54) is 16.9 Å². The molecule has 0 saturated heterocycles. The first-order chi connectivity index (χ1) is 9.13. The largest absolute Gasteiger partial charge is 0.436 e. The van der Waals surface area contributed by atoms with Crippen molar-refractivity contribution in [3.8, 4) is 11.6 Å². The average molecular weight is 323 g/mol. The first-order valence-corrected chi connectivity index (χ1v) is 6.23. The van der Waals surface area contributed by atoms with E-state index in [2.05, 4.69) is 31.0 Å². The topological polar surface area (TPSA) is 52.3 Å². The number of halogens is 2. The van der Waals surface area contributed by atoms with Gasteiger partial charge in [0.15, 0.2) is 11.6 Å². The fourth-order valence-electron chi connectivity index (χ4n) is 1.64. The van der Waals surface area contributed by atoms with Gasteiger partial charge in [0, 0.05) is 16.2 Å². The van der Waals surface area contributed by atoms with E-state index in [0.717, 1.165) is 4.47 Å². The smallest absolute Gasteiger partial charge is 0.255 e. The molecule has 0 radical (unpaired) electrons. The Labute approximate surface area is 116 Å². The Kier molecular flexibility index (Phi) is 2.90. The van der Waals surface area contributed by atoms with Gasteiger partial charge in [-0.05, 0) is 25.1 Å². The number of ether oxygens (including phenoxy) is 1. The van der Waals surface area contributed by atoms with Crippen LogP contribution in [0.4, 0.5) is 4.39 Å². The van der Waals surface area contributed by atoms with Gasteiger partial charge in [-0.15, -0.1) is 0 Å². The molecule has 5 nitrogen and oxygen atoms in total. The summed E-state index contributed by atoms with van der Waals surface area (Å²) in [5.74, 6) is 0.421. The van der Waals surface area contributed by atoms with E-state index in [4.69, 9.17) is 4.74 Å². The third kappa shape index (κ3) is 2.28. The van der Waals surface area contributed by atoms with Gasteiger partial charge in [0.2, 0.25) is 5.88 Å². The predicted molar refractivity (Wildman–Crippen MR) is 69.7 cm³/mol. The maximum absolute atomic E-state index is 13.7. The summed E-state index contributed by atoms with van der Waals surface area (Å²) >= 11 is 3.27. The monoisotopic (exact) mass is 322 g/mol. The van der Waals surface area contributed by atoms with Crippen LogP contribution in [-0.2, 0) is 0 Å². The first kappa shape index (κ1) is 12.0. The fraction of sp³-hybridized carbons (Fsp3) is 0.0833. The van der Waals surface area contributed by atoms with E-state index < -0.39 is 5.82 Å². The molecular formula is C12H8BrFN4O. The molecule has 96 valence electrons. The summed E-state index contributed by atoms with van der Waals surface area (Å²) in [4.78, 5) is 8.16. The number of aromatic nitrogens is 4. The molecule has 0 N–H and O–H groups in total. The van der Waals surface area contributed by atoms with Gasteiger partial charge >= 0.3 is 0 Å². The number of rotatable bonds is 2. The van der Waals surface area contributed by atoms with Crippen LogP contribution in [0, 0.1) is 12.7 Å². The second-order valence-corrected chi connectivity index (χ2v) is 4.80. The number of aryl methyl sites for hydroxylation is 1. The van der Waals surface area contributed by atoms with Crippen molar-refractivity contribution >= 4 is 21.7 Å². The third-order valence-corrected chi connectivity index (χ3v) is 2.95. The predicted octanol–water partition coefficient (Wildman–Crippen LogP) is 3.13. The lowest BCUT2D eigenvalue weighted by Crippen LogP contribution is -2.00. The molecule has 0 saturated carbocycles. The Hall–Kier alpha value is -2.02. The molecule has 0 aliphatic rings. The SMILES string of the molecule is Cc1cc(Oc2cc(Br)ccc2F)n2ncnc2n1. The maximum Gasteiger partial charge on any atom is 0.255 e. The van der Waals surface area contributed by atoms with Crippen molar-refractivity contribution in [3.05, 3.63) is 46.6 Å². The highest BCUT2D eigenvalue weighted by Gasteiger charge is 2.11. The first-order valence-electron chi connectivity index (χ1n) is 5.44. The number of hydrogen-bond donors (Lipinski definition) is 0. The fourth-order valence-corrected chi connectivity index (χ4v) is 1.98. The Morgan fingerprint density at radius 1 is 1.32 bits per heavy atom. The molecule has 0 amide bonds. The van der Waals surface area contributed by atoms with Crippen molar-refractivity contribution in [2.75, 3.05) is 0 Å².